The highest BCUT2D eigenvalue weighted by Gasteiger charge is 2.26. The third kappa shape index (κ3) is 7.63. The van der Waals surface area contributed by atoms with E-state index in [0.717, 1.165) is 12.1 Å². The summed E-state index contributed by atoms with van der Waals surface area (Å²) in [5.41, 5.74) is 2.46. The maximum absolute atomic E-state index is 12.4. The van der Waals surface area contributed by atoms with Gasteiger partial charge in [0.25, 0.3) is 0 Å². The Hall–Kier alpha value is -1.74. The van der Waals surface area contributed by atoms with E-state index in [-0.39, 0.29) is 15.9 Å². The second-order valence-electron chi connectivity index (χ2n) is 9.67. The van der Waals surface area contributed by atoms with Gasteiger partial charge in [-0.3, -0.25) is 0 Å². The Morgan fingerprint density at radius 1 is 0.971 bits per heavy atom. The molecule has 188 valence electrons. The number of phenols is 1. The van der Waals surface area contributed by atoms with E-state index in [1.54, 1.807) is 0 Å². The summed E-state index contributed by atoms with van der Waals surface area (Å²) >= 11 is 0. The Labute approximate surface area is 207 Å². The molecule has 0 radical (unpaired) electrons. The van der Waals surface area contributed by atoms with Crippen LogP contribution < -0.4 is 9.44 Å². The fraction of sp³-hybridized carbons (Fsp3) is 0.538. The van der Waals surface area contributed by atoms with Crippen LogP contribution in [0.5, 0.6) is 5.75 Å². The lowest BCUT2D eigenvalue weighted by molar-refractivity contribution is 0.246. The molecule has 6 nitrogen and oxygen atoms in total. The maximum Gasteiger partial charge on any atom is 0.240 e. The Morgan fingerprint density at radius 2 is 1.59 bits per heavy atom. The van der Waals surface area contributed by atoms with Crippen LogP contribution in [-0.4, -0.2) is 36.1 Å². The van der Waals surface area contributed by atoms with E-state index in [4.69, 9.17) is 0 Å². The van der Waals surface area contributed by atoms with Crippen molar-refractivity contribution in [3.63, 3.8) is 0 Å². The molecule has 1 saturated carbocycles. The van der Waals surface area contributed by atoms with Crippen molar-refractivity contribution >= 4 is 21.0 Å². The number of aromatic hydroxyl groups is 1. The van der Waals surface area contributed by atoms with E-state index in [1.165, 1.54) is 55.5 Å². The molecular weight excluding hydrogens is 468 g/mol. The van der Waals surface area contributed by atoms with Crippen LogP contribution in [0, 0.1) is 11.8 Å². The van der Waals surface area contributed by atoms with Crippen LogP contribution in [0.1, 0.15) is 63.5 Å². The summed E-state index contributed by atoms with van der Waals surface area (Å²) in [6, 6.07) is 14.1. The van der Waals surface area contributed by atoms with Crippen LogP contribution in [0.3, 0.4) is 0 Å². The second kappa shape index (κ2) is 12.3. The summed E-state index contributed by atoms with van der Waals surface area (Å²) in [7, 11) is -4.53. The first-order chi connectivity index (χ1) is 16.2. The third-order valence-electron chi connectivity index (χ3n) is 6.86. The minimum Gasteiger partial charge on any atom is -0.508 e. The molecule has 0 amide bonds. The van der Waals surface area contributed by atoms with Gasteiger partial charge < -0.3 is 5.11 Å². The monoisotopic (exact) mass is 506 g/mol. The molecule has 0 aliphatic heterocycles. The van der Waals surface area contributed by atoms with E-state index in [0.29, 0.717) is 30.7 Å². The second-order valence-corrected chi connectivity index (χ2v) is 13.3. The molecule has 2 aromatic rings. The van der Waals surface area contributed by atoms with E-state index in [1.807, 2.05) is 13.8 Å². The number of hydrogen-bond donors (Lipinski definition) is 3. The fourth-order valence-corrected chi connectivity index (χ4v) is 6.36. The highest BCUT2D eigenvalue weighted by Crippen LogP contribution is 2.38. The smallest absolute Gasteiger partial charge is 0.240 e. The standard InChI is InChI=1S/C26H38N2O4S2/c1-19(2)33(30)27-18-20(3)22-8-10-24(11-9-22)23-6-4-21(5-7-23)16-17-28-34(31,32)26-14-12-25(29)13-15-26/h4-7,12-15,19-20,22,24,27-29H,8-11,16-18H2,1-3H3. The van der Waals surface area contributed by atoms with E-state index in [9.17, 15) is 17.7 Å². The summed E-state index contributed by atoms with van der Waals surface area (Å²) in [6.07, 6.45) is 5.36. The molecular formula is C26H38N2O4S2. The average Bonchev–Trinajstić information content (AvgIpc) is 2.83. The normalized spacial score (nSPS) is 20.8. The van der Waals surface area contributed by atoms with Gasteiger partial charge in [-0.25, -0.2) is 22.1 Å². The van der Waals surface area contributed by atoms with Crippen LogP contribution in [0.15, 0.2) is 53.4 Å². The molecule has 0 saturated heterocycles. The lowest BCUT2D eigenvalue weighted by Crippen LogP contribution is -2.32. The summed E-state index contributed by atoms with van der Waals surface area (Å²) in [6.45, 7) is 7.34. The molecule has 2 atom stereocenters. The average molecular weight is 507 g/mol. The van der Waals surface area contributed by atoms with E-state index in [2.05, 4.69) is 40.6 Å². The van der Waals surface area contributed by atoms with Crippen LogP contribution in [0.2, 0.25) is 0 Å². The first-order valence-corrected chi connectivity index (χ1v) is 14.9. The Bertz CT molecular complexity index is 1030. The lowest BCUT2D eigenvalue weighted by Gasteiger charge is -2.32. The van der Waals surface area contributed by atoms with E-state index < -0.39 is 21.0 Å². The zero-order chi connectivity index (χ0) is 24.7. The van der Waals surface area contributed by atoms with E-state index >= 15 is 0 Å². The molecule has 3 N–H and O–H groups in total. The van der Waals surface area contributed by atoms with Crippen molar-refractivity contribution in [1.29, 1.82) is 0 Å². The zero-order valence-electron chi connectivity index (χ0n) is 20.4. The highest BCUT2D eigenvalue weighted by molar-refractivity contribution is 7.89. The number of hydrogen-bond acceptors (Lipinski definition) is 4. The molecule has 0 aromatic heterocycles. The molecule has 1 aliphatic rings. The van der Waals surface area contributed by atoms with Crippen molar-refractivity contribution in [3.05, 3.63) is 59.7 Å². The minimum atomic E-state index is -3.58. The first kappa shape index (κ1) is 26.9. The van der Waals surface area contributed by atoms with Gasteiger partial charge >= 0.3 is 0 Å². The molecule has 0 bridgehead atoms. The van der Waals surface area contributed by atoms with Crippen molar-refractivity contribution in [2.24, 2.45) is 11.8 Å². The predicted molar refractivity (Wildman–Crippen MR) is 139 cm³/mol. The maximum atomic E-state index is 12.4. The van der Waals surface area contributed by atoms with Gasteiger partial charge in [0.2, 0.25) is 10.0 Å². The van der Waals surface area contributed by atoms with Crippen LogP contribution in [0.4, 0.5) is 0 Å². The molecule has 1 fully saturated rings. The third-order valence-corrected chi connectivity index (χ3v) is 9.64. The number of nitrogens with one attached hydrogen (secondary N) is 2. The molecule has 34 heavy (non-hydrogen) atoms. The summed E-state index contributed by atoms with van der Waals surface area (Å²) in [4.78, 5) is 0.148. The van der Waals surface area contributed by atoms with Gasteiger partial charge in [-0.15, -0.1) is 0 Å². The molecule has 0 spiro atoms. The van der Waals surface area contributed by atoms with Gasteiger partial charge in [-0.05, 0) is 99.1 Å². The SMILES string of the molecule is CC(CNS(=O)C(C)C)C1CCC(c2ccc(CCNS(=O)(=O)c3ccc(O)cc3)cc2)CC1. The largest absolute Gasteiger partial charge is 0.508 e. The molecule has 0 heterocycles. The van der Waals surface area contributed by atoms with Crippen LogP contribution in [0.25, 0.3) is 0 Å². The molecule has 2 unspecified atom stereocenters. The first-order valence-electron chi connectivity index (χ1n) is 12.2. The summed E-state index contributed by atoms with van der Waals surface area (Å²) < 4.78 is 42.5. The lowest BCUT2D eigenvalue weighted by atomic mass is 9.74. The summed E-state index contributed by atoms with van der Waals surface area (Å²) in [5, 5.41) is 9.47. The van der Waals surface area contributed by atoms with Crippen molar-refractivity contribution in [1.82, 2.24) is 9.44 Å². The molecule has 2 aromatic carbocycles. The quantitative estimate of drug-likeness (QED) is 0.419. The summed E-state index contributed by atoms with van der Waals surface area (Å²) in [5.74, 6) is 1.81. The van der Waals surface area contributed by atoms with Gasteiger partial charge in [0.15, 0.2) is 0 Å². The highest BCUT2D eigenvalue weighted by atomic mass is 32.2. The molecule has 3 rings (SSSR count). The van der Waals surface area contributed by atoms with Crippen LogP contribution in [-0.2, 0) is 27.4 Å². The Balaban J connectivity index is 1.43. The number of rotatable bonds is 11. The van der Waals surface area contributed by atoms with Gasteiger partial charge in [-0.2, -0.15) is 0 Å². The fourth-order valence-electron chi connectivity index (χ4n) is 4.56. The van der Waals surface area contributed by atoms with Gasteiger partial charge in [0.05, 0.1) is 15.9 Å². The minimum absolute atomic E-state index is 0.0402. The van der Waals surface area contributed by atoms with Crippen molar-refractivity contribution in [2.75, 3.05) is 13.1 Å². The van der Waals surface area contributed by atoms with Gasteiger partial charge in [0.1, 0.15) is 5.75 Å². The topological polar surface area (TPSA) is 95.5 Å². The van der Waals surface area contributed by atoms with Gasteiger partial charge in [-0.1, -0.05) is 31.2 Å². The molecule has 1 aliphatic carbocycles. The predicted octanol–water partition coefficient (Wildman–Crippen LogP) is 4.48. The molecule has 8 heteroatoms. The van der Waals surface area contributed by atoms with Crippen molar-refractivity contribution in [3.8, 4) is 5.75 Å². The number of benzene rings is 2. The Kier molecular flexibility index (Phi) is 9.71. The number of sulfonamides is 1. The zero-order valence-corrected chi connectivity index (χ0v) is 22.0. The van der Waals surface area contributed by atoms with Gasteiger partial charge in [0, 0.05) is 18.3 Å². The number of phenolic OH excluding ortho intramolecular Hbond substituents is 1. The Morgan fingerprint density at radius 3 is 2.18 bits per heavy atom. The van der Waals surface area contributed by atoms with Crippen LogP contribution >= 0.6 is 0 Å². The van der Waals surface area contributed by atoms with Crippen molar-refractivity contribution in [2.45, 2.75) is 68.9 Å². The van der Waals surface area contributed by atoms with Crippen molar-refractivity contribution < 1.29 is 17.7 Å².